The Morgan fingerprint density at radius 2 is 1.81 bits per heavy atom. The van der Waals surface area contributed by atoms with Crippen LogP contribution in [0.2, 0.25) is 0 Å². The van der Waals surface area contributed by atoms with Gasteiger partial charge in [0.15, 0.2) is 11.0 Å². The summed E-state index contributed by atoms with van der Waals surface area (Å²) in [6, 6.07) is 7.76. The van der Waals surface area contributed by atoms with Crippen LogP contribution < -0.4 is 10.6 Å². The molecule has 1 aromatic carbocycles. The lowest BCUT2D eigenvalue weighted by molar-refractivity contribution is -0.119. The standard InChI is InChI=1S/C19H27N5O2S/c1-7-20-17(26)21-16(25)12(2)27-18-23-22-15(24(18)6)13-8-10-14(11-9-13)19(3,4)5/h8-12H,7H2,1-6H3,(H2,20,21,25,26)/t12-/m0/s1. The molecule has 2 rings (SSSR count). The fourth-order valence-corrected chi connectivity index (χ4v) is 3.23. The predicted molar refractivity (Wildman–Crippen MR) is 108 cm³/mol. The monoisotopic (exact) mass is 389 g/mol. The van der Waals surface area contributed by atoms with E-state index in [9.17, 15) is 9.59 Å². The zero-order chi connectivity index (χ0) is 20.2. The van der Waals surface area contributed by atoms with Gasteiger partial charge in [0.1, 0.15) is 0 Å². The van der Waals surface area contributed by atoms with Crippen molar-refractivity contribution in [2.24, 2.45) is 7.05 Å². The first-order chi connectivity index (χ1) is 12.6. The number of benzene rings is 1. The maximum absolute atomic E-state index is 12.1. The van der Waals surface area contributed by atoms with E-state index in [0.717, 1.165) is 11.4 Å². The first-order valence-electron chi connectivity index (χ1n) is 8.89. The summed E-state index contributed by atoms with van der Waals surface area (Å²) in [5.41, 5.74) is 2.30. The van der Waals surface area contributed by atoms with Gasteiger partial charge in [-0.2, -0.15) is 0 Å². The lowest BCUT2D eigenvalue weighted by Crippen LogP contribution is -2.42. The molecule has 146 valence electrons. The van der Waals surface area contributed by atoms with Crippen LogP contribution in [0, 0.1) is 0 Å². The zero-order valence-electron chi connectivity index (χ0n) is 16.7. The second kappa shape index (κ2) is 8.56. The second-order valence-corrected chi connectivity index (χ2v) is 8.61. The molecule has 0 spiro atoms. The molecule has 27 heavy (non-hydrogen) atoms. The van der Waals surface area contributed by atoms with E-state index in [1.54, 1.807) is 13.8 Å². The molecule has 7 nitrogen and oxygen atoms in total. The van der Waals surface area contributed by atoms with Crippen LogP contribution in [0.25, 0.3) is 11.4 Å². The van der Waals surface area contributed by atoms with Crippen molar-refractivity contribution >= 4 is 23.7 Å². The molecule has 0 aliphatic heterocycles. The van der Waals surface area contributed by atoms with E-state index in [2.05, 4.69) is 53.7 Å². The first-order valence-corrected chi connectivity index (χ1v) is 9.77. The molecule has 0 saturated carbocycles. The summed E-state index contributed by atoms with van der Waals surface area (Å²) in [4.78, 5) is 23.6. The third-order valence-corrected chi connectivity index (χ3v) is 5.20. The van der Waals surface area contributed by atoms with Gasteiger partial charge in [-0.3, -0.25) is 10.1 Å². The number of hydrogen-bond donors (Lipinski definition) is 2. The van der Waals surface area contributed by atoms with Gasteiger partial charge in [0, 0.05) is 19.2 Å². The van der Waals surface area contributed by atoms with E-state index in [1.807, 2.05) is 23.7 Å². The smallest absolute Gasteiger partial charge is 0.321 e. The topological polar surface area (TPSA) is 88.9 Å². The van der Waals surface area contributed by atoms with Crippen LogP contribution in [-0.2, 0) is 17.3 Å². The number of hydrogen-bond acceptors (Lipinski definition) is 5. The Balaban J connectivity index is 2.10. The van der Waals surface area contributed by atoms with E-state index < -0.39 is 11.3 Å². The highest BCUT2D eigenvalue weighted by Crippen LogP contribution is 2.28. The quantitative estimate of drug-likeness (QED) is 0.767. The molecule has 1 aromatic heterocycles. The van der Waals surface area contributed by atoms with E-state index in [4.69, 9.17) is 0 Å². The van der Waals surface area contributed by atoms with E-state index in [0.29, 0.717) is 11.7 Å². The number of aromatic nitrogens is 3. The molecule has 0 saturated heterocycles. The number of carbonyl (C=O) groups is 2. The van der Waals surface area contributed by atoms with Gasteiger partial charge in [0.25, 0.3) is 0 Å². The van der Waals surface area contributed by atoms with Crippen molar-refractivity contribution in [2.45, 2.75) is 50.4 Å². The molecule has 0 unspecified atom stereocenters. The molecule has 2 N–H and O–H groups in total. The van der Waals surface area contributed by atoms with Crippen molar-refractivity contribution in [3.8, 4) is 11.4 Å². The van der Waals surface area contributed by atoms with Crippen molar-refractivity contribution in [3.63, 3.8) is 0 Å². The predicted octanol–water partition coefficient (Wildman–Crippen LogP) is 3.11. The van der Waals surface area contributed by atoms with Crippen LogP contribution >= 0.6 is 11.8 Å². The van der Waals surface area contributed by atoms with Crippen LogP contribution in [0.15, 0.2) is 29.4 Å². The molecule has 0 bridgehead atoms. The maximum atomic E-state index is 12.1. The Morgan fingerprint density at radius 3 is 2.37 bits per heavy atom. The van der Waals surface area contributed by atoms with Crippen LogP contribution in [-0.4, -0.2) is 38.5 Å². The molecular weight excluding hydrogens is 362 g/mol. The van der Waals surface area contributed by atoms with Gasteiger partial charge >= 0.3 is 6.03 Å². The summed E-state index contributed by atoms with van der Waals surface area (Å²) in [6.07, 6.45) is 0. The number of amides is 3. The highest BCUT2D eigenvalue weighted by Gasteiger charge is 2.21. The third-order valence-electron chi connectivity index (χ3n) is 4.07. The van der Waals surface area contributed by atoms with Gasteiger partial charge in [0.2, 0.25) is 5.91 Å². The number of urea groups is 1. The van der Waals surface area contributed by atoms with Crippen LogP contribution in [0.3, 0.4) is 0 Å². The Morgan fingerprint density at radius 1 is 1.19 bits per heavy atom. The Bertz CT molecular complexity index is 808. The van der Waals surface area contributed by atoms with Crippen LogP contribution in [0.1, 0.15) is 40.2 Å². The molecule has 8 heteroatoms. The average Bonchev–Trinajstić information content (AvgIpc) is 2.95. The molecule has 0 aliphatic carbocycles. The average molecular weight is 390 g/mol. The van der Waals surface area contributed by atoms with Gasteiger partial charge in [0.05, 0.1) is 5.25 Å². The summed E-state index contributed by atoms with van der Waals surface area (Å²) in [7, 11) is 1.86. The number of thioether (sulfide) groups is 1. The summed E-state index contributed by atoms with van der Waals surface area (Å²) in [6.45, 7) is 10.5. The van der Waals surface area contributed by atoms with E-state index in [1.165, 1.54) is 17.3 Å². The summed E-state index contributed by atoms with van der Waals surface area (Å²) in [5.74, 6) is 0.360. The van der Waals surface area contributed by atoms with Crippen molar-refractivity contribution in [2.75, 3.05) is 6.54 Å². The minimum Gasteiger partial charge on any atom is -0.338 e. The molecule has 1 atom stereocenters. The van der Waals surface area contributed by atoms with E-state index >= 15 is 0 Å². The highest BCUT2D eigenvalue weighted by atomic mass is 32.2. The zero-order valence-corrected chi connectivity index (χ0v) is 17.5. The Labute approximate surface area is 164 Å². The van der Waals surface area contributed by atoms with Crippen molar-refractivity contribution in [1.82, 2.24) is 25.4 Å². The van der Waals surface area contributed by atoms with E-state index in [-0.39, 0.29) is 11.3 Å². The number of imide groups is 1. The highest BCUT2D eigenvalue weighted by molar-refractivity contribution is 8.00. The van der Waals surface area contributed by atoms with Crippen LogP contribution in [0.5, 0.6) is 0 Å². The molecule has 0 fully saturated rings. The number of nitrogens with one attached hydrogen (secondary N) is 2. The van der Waals surface area contributed by atoms with Crippen molar-refractivity contribution < 1.29 is 9.59 Å². The van der Waals surface area contributed by atoms with Crippen molar-refractivity contribution in [1.29, 1.82) is 0 Å². The SMILES string of the molecule is CCNC(=O)NC(=O)[C@H](C)Sc1nnc(-c2ccc(C(C)(C)C)cc2)n1C. The molecule has 0 aliphatic rings. The lowest BCUT2D eigenvalue weighted by atomic mass is 9.87. The second-order valence-electron chi connectivity index (χ2n) is 7.30. The summed E-state index contributed by atoms with van der Waals surface area (Å²) < 4.78 is 1.85. The fourth-order valence-electron chi connectivity index (χ4n) is 2.42. The maximum Gasteiger partial charge on any atom is 0.321 e. The van der Waals surface area contributed by atoms with Gasteiger partial charge in [-0.05, 0) is 24.8 Å². The van der Waals surface area contributed by atoms with Crippen molar-refractivity contribution in [3.05, 3.63) is 29.8 Å². The summed E-state index contributed by atoms with van der Waals surface area (Å²) in [5, 5.41) is 13.4. The first kappa shape index (κ1) is 21.0. The molecule has 3 amide bonds. The molecule has 1 heterocycles. The normalized spacial score (nSPS) is 12.5. The van der Waals surface area contributed by atoms with Gasteiger partial charge in [-0.25, -0.2) is 4.79 Å². The van der Waals surface area contributed by atoms with Gasteiger partial charge in [-0.1, -0.05) is 56.8 Å². The minimum absolute atomic E-state index is 0.0896. The Kier molecular flexibility index (Phi) is 6.64. The molecular formula is C19H27N5O2S. The third kappa shape index (κ3) is 5.32. The molecule has 0 radical (unpaired) electrons. The number of rotatable bonds is 5. The minimum atomic E-state index is -0.493. The fraction of sp³-hybridized carbons (Fsp3) is 0.474. The summed E-state index contributed by atoms with van der Waals surface area (Å²) >= 11 is 1.26. The number of nitrogens with zero attached hydrogens (tertiary/aromatic N) is 3. The molecule has 2 aromatic rings. The Hall–Kier alpha value is -2.35. The van der Waals surface area contributed by atoms with Gasteiger partial charge < -0.3 is 9.88 Å². The number of carbonyl (C=O) groups excluding carboxylic acids is 2. The van der Waals surface area contributed by atoms with Crippen LogP contribution in [0.4, 0.5) is 4.79 Å². The van der Waals surface area contributed by atoms with Gasteiger partial charge in [-0.15, -0.1) is 10.2 Å². The largest absolute Gasteiger partial charge is 0.338 e. The lowest BCUT2D eigenvalue weighted by Gasteiger charge is -2.19.